The Kier molecular flexibility index (Phi) is 8.72. The van der Waals surface area contributed by atoms with Gasteiger partial charge in [0.2, 0.25) is 5.91 Å². The number of likely N-dealkylation sites (N-methyl/N-ethyl adjacent to an activating group) is 1. The Bertz CT molecular complexity index is 1060. The summed E-state index contributed by atoms with van der Waals surface area (Å²) < 4.78 is 10.9. The smallest absolute Gasteiger partial charge is 0.261 e. The second-order valence-corrected chi connectivity index (χ2v) is 7.80. The fourth-order valence-electron chi connectivity index (χ4n) is 3.43. The van der Waals surface area contributed by atoms with Crippen LogP contribution in [-0.4, -0.2) is 43.5 Å². The fraction of sp³-hybridized carbons (Fsp3) is 0.231. The standard InChI is InChI=1S/C26H27ClN2O4/c1-28-26(31)24(16-19-8-4-3-5-9-19)29(17-20-10-6-7-11-23(20)27)25(30)18-33-22-14-12-21(32-2)13-15-22/h3-15,24H,16-18H2,1-2H3,(H,28,31). The summed E-state index contributed by atoms with van der Waals surface area (Å²) in [6, 6.07) is 23.1. The maximum absolute atomic E-state index is 13.4. The van der Waals surface area contributed by atoms with Crippen LogP contribution in [0.25, 0.3) is 0 Å². The third-order valence-corrected chi connectivity index (χ3v) is 5.61. The van der Waals surface area contributed by atoms with E-state index in [4.69, 9.17) is 21.1 Å². The number of carbonyl (C=O) groups excluding carboxylic acids is 2. The molecule has 0 heterocycles. The van der Waals surface area contributed by atoms with Gasteiger partial charge in [-0.05, 0) is 41.5 Å². The van der Waals surface area contributed by atoms with Crippen LogP contribution >= 0.6 is 11.6 Å². The number of nitrogens with one attached hydrogen (secondary N) is 1. The van der Waals surface area contributed by atoms with E-state index in [0.717, 1.165) is 11.1 Å². The predicted octanol–water partition coefficient (Wildman–Crippen LogP) is 4.11. The van der Waals surface area contributed by atoms with E-state index in [2.05, 4.69) is 5.32 Å². The van der Waals surface area contributed by atoms with Crippen LogP contribution in [0.2, 0.25) is 5.02 Å². The molecule has 0 aliphatic heterocycles. The number of benzene rings is 3. The molecule has 0 aromatic heterocycles. The molecule has 3 aromatic carbocycles. The van der Waals surface area contributed by atoms with Crippen molar-refractivity contribution in [1.82, 2.24) is 10.2 Å². The molecule has 3 rings (SSSR count). The van der Waals surface area contributed by atoms with Crippen molar-refractivity contribution in [1.29, 1.82) is 0 Å². The highest BCUT2D eigenvalue weighted by atomic mass is 35.5. The van der Waals surface area contributed by atoms with Crippen molar-refractivity contribution in [3.05, 3.63) is 95.0 Å². The molecular formula is C26H27ClN2O4. The zero-order valence-corrected chi connectivity index (χ0v) is 19.4. The molecule has 1 N–H and O–H groups in total. The van der Waals surface area contributed by atoms with Gasteiger partial charge in [-0.25, -0.2) is 0 Å². The number of halogens is 1. The highest BCUT2D eigenvalue weighted by Gasteiger charge is 2.30. The molecular weight excluding hydrogens is 440 g/mol. The van der Waals surface area contributed by atoms with Crippen LogP contribution in [0.15, 0.2) is 78.9 Å². The summed E-state index contributed by atoms with van der Waals surface area (Å²) in [7, 11) is 3.14. The first kappa shape index (κ1) is 24.1. The average Bonchev–Trinajstić information content (AvgIpc) is 2.86. The highest BCUT2D eigenvalue weighted by Crippen LogP contribution is 2.21. The lowest BCUT2D eigenvalue weighted by atomic mass is 10.0. The van der Waals surface area contributed by atoms with Gasteiger partial charge in [-0.15, -0.1) is 0 Å². The number of carbonyl (C=O) groups is 2. The summed E-state index contributed by atoms with van der Waals surface area (Å²) >= 11 is 6.37. The molecule has 172 valence electrons. The van der Waals surface area contributed by atoms with E-state index in [9.17, 15) is 9.59 Å². The lowest BCUT2D eigenvalue weighted by Crippen LogP contribution is -2.51. The van der Waals surface area contributed by atoms with E-state index < -0.39 is 6.04 Å². The molecule has 1 atom stereocenters. The zero-order valence-electron chi connectivity index (χ0n) is 18.7. The van der Waals surface area contributed by atoms with Crippen molar-refractivity contribution in [3.8, 4) is 11.5 Å². The predicted molar refractivity (Wildman–Crippen MR) is 128 cm³/mol. The van der Waals surface area contributed by atoms with Gasteiger partial charge in [0, 0.05) is 25.0 Å². The van der Waals surface area contributed by atoms with E-state index in [1.807, 2.05) is 48.5 Å². The number of rotatable bonds is 10. The zero-order chi connectivity index (χ0) is 23.6. The third-order valence-electron chi connectivity index (χ3n) is 5.24. The minimum Gasteiger partial charge on any atom is -0.497 e. The second-order valence-electron chi connectivity index (χ2n) is 7.40. The average molecular weight is 467 g/mol. The lowest BCUT2D eigenvalue weighted by Gasteiger charge is -2.31. The molecule has 0 saturated heterocycles. The monoisotopic (exact) mass is 466 g/mol. The molecule has 0 bridgehead atoms. The Balaban J connectivity index is 1.86. The van der Waals surface area contributed by atoms with Crippen LogP contribution in [0.4, 0.5) is 0 Å². The summed E-state index contributed by atoms with van der Waals surface area (Å²) in [4.78, 5) is 27.8. The number of hydrogen-bond acceptors (Lipinski definition) is 4. The molecule has 33 heavy (non-hydrogen) atoms. The van der Waals surface area contributed by atoms with Gasteiger partial charge in [-0.1, -0.05) is 60.1 Å². The molecule has 0 saturated carbocycles. The number of nitrogens with zero attached hydrogens (tertiary/aromatic N) is 1. The number of hydrogen-bond donors (Lipinski definition) is 1. The Hall–Kier alpha value is -3.51. The molecule has 7 heteroatoms. The van der Waals surface area contributed by atoms with E-state index in [-0.39, 0.29) is 25.0 Å². The van der Waals surface area contributed by atoms with Crippen LogP contribution in [0.5, 0.6) is 11.5 Å². The number of amides is 2. The highest BCUT2D eigenvalue weighted by molar-refractivity contribution is 6.31. The molecule has 6 nitrogen and oxygen atoms in total. The van der Waals surface area contributed by atoms with E-state index in [1.165, 1.54) is 4.90 Å². The first-order chi connectivity index (χ1) is 16.0. The first-order valence-corrected chi connectivity index (χ1v) is 10.9. The molecule has 0 aliphatic rings. The quantitative estimate of drug-likeness (QED) is 0.488. The summed E-state index contributed by atoms with van der Waals surface area (Å²) in [6.07, 6.45) is 0.360. The van der Waals surface area contributed by atoms with Crippen LogP contribution in [0, 0.1) is 0 Å². The van der Waals surface area contributed by atoms with Crippen molar-refractivity contribution < 1.29 is 19.1 Å². The van der Waals surface area contributed by atoms with Gasteiger partial charge < -0.3 is 19.7 Å². The third kappa shape index (κ3) is 6.73. The van der Waals surface area contributed by atoms with Crippen molar-refractivity contribution in [3.63, 3.8) is 0 Å². The van der Waals surface area contributed by atoms with Gasteiger partial charge in [0.05, 0.1) is 7.11 Å². The minimum atomic E-state index is -0.736. The van der Waals surface area contributed by atoms with Crippen LogP contribution in [0.1, 0.15) is 11.1 Å². The van der Waals surface area contributed by atoms with Crippen LogP contribution in [0.3, 0.4) is 0 Å². The molecule has 1 unspecified atom stereocenters. The van der Waals surface area contributed by atoms with E-state index in [0.29, 0.717) is 22.9 Å². The van der Waals surface area contributed by atoms with Gasteiger partial charge in [0.1, 0.15) is 17.5 Å². The molecule has 3 aromatic rings. The maximum atomic E-state index is 13.4. The minimum absolute atomic E-state index is 0.176. The summed E-state index contributed by atoms with van der Waals surface area (Å²) in [5, 5.41) is 3.22. The Labute approximate surface area is 199 Å². The molecule has 0 fully saturated rings. The summed E-state index contributed by atoms with van der Waals surface area (Å²) in [6.45, 7) is -0.0472. The summed E-state index contributed by atoms with van der Waals surface area (Å²) in [5.74, 6) is 0.636. The van der Waals surface area contributed by atoms with Gasteiger partial charge >= 0.3 is 0 Å². The molecule has 0 spiro atoms. The number of methoxy groups -OCH3 is 1. The second kappa shape index (κ2) is 11.9. The van der Waals surface area contributed by atoms with Gasteiger partial charge in [-0.3, -0.25) is 9.59 Å². The molecule has 2 amide bonds. The van der Waals surface area contributed by atoms with Gasteiger partial charge in [0.15, 0.2) is 6.61 Å². The van der Waals surface area contributed by atoms with E-state index in [1.54, 1.807) is 44.5 Å². The van der Waals surface area contributed by atoms with Gasteiger partial charge in [-0.2, -0.15) is 0 Å². The topological polar surface area (TPSA) is 67.9 Å². The Morgan fingerprint density at radius 1 is 0.939 bits per heavy atom. The largest absolute Gasteiger partial charge is 0.497 e. The van der Waals surface area contributed by atoms with Crippen LogP contribution < -0.4 is 14.8 Å². The Morgan fingerprint density at radius 3 is 2.21 bits per heavy atom. The van der Waals surface area contributed by atoms with E-state index >= 15 is 0 Å². The SMILES string of the molecule is CNC(=O)C(Cc1ccccc1)N(Cc1ccccc1Cl)C(=O)COc1ccc(OC)cc1. The van der Waals surface area contributed by atoms with Crippen molar-refractivity contribution in [2.24, 2.45) is 0 Å². The van der Waals surface area contributed by atoms with Crippen molar-refractivity contribution in [2.75, 3.05) is 20.8 Å². The lowest BCUT2D eigenvalue weighted by molar-refractivity contribution is -0.142. The van der Waals surface area contributed by atoms with Gasteiger partial charge in [0.25, 0.3) is 5.91 Å². The Morgan fingerprint density at radius 2 is 1.58 bits per heavy atom. The fourth-order valence-corrected chi connectivity index (χ4v) is 3.63. The summed E-state index contributed by atoms with van der Waals surface area (Å²) in [5.41, 5.74) is 1.69. The maximum Gasteiger partial charge on any atom is 0.261 e. The molecule has 0 radical (unpaired) electrons. The molecule has 0 aliphatic carbocycles. The van der Waals surface area contributed by atoms with Crippen molar-refractivity contribution in [2.45, 2.75) is 19.0 Å². The normalized spacial score (nSPS) is 11.4. The number of ether oxygens (including phenoxy) is 2. The van der Waals surface area contributed by atoms with Crippen molar-refractivity contribution >= 4 is 23.4 Å². The first-order valence-electron chi connectivity index (χ1n) is 10.6. The van der Waals surface area contributed by atoms with Crippen LogP contribution in [-0.2, 0) is 22.6 Å².